The molecule has 0 unspecified atom stereocenters. The summed E-state index contributed by atoms with van der Waals surface area (Å²) in [6.07, 6.45) is 9.02. The quantitative estimate of drug-likeness (QED) is 0.809. The molecule has 114 valence electrons. The number of benzene rings is 1. The highest BCUT2D eigenvalue weighted by atomic mass is 16.2. The highest BCUT2D eigenvalue weighted by molar-refractivity contribution is 5.94. The Balaban J connectivity index is 1.64. The first-order valence-electron chi connectivity index (χ1n) is 8.36. The maximum atomic E-state index is 12.9. The van der Waals surface area contributed by atoms with Gasteiger partial charge < -0.3 is 4.90 Å². The molecule has 1 aliphatic heterocycles. The van der Waals surface area contributed by atoms with Crippen molar-refractivity contribution in [2.75, 3.05) is 6.54 Å². The molecule has 0 N–H and O–H groups in total. The fourth-order valence-electron chi connectivity index (χ4n) is 4.08. The van der Waals surface area contributed by atoms with E-state index in [-0.39, 0.29) is 5.91 Å². The van der Waals surface area contributed by atoms with Gasteiger partial charge in [-0.1, -0.05) is 25.0 Å². The number of hydrogen-bond acceptors (Lipinski definition) is 3. The van der Waals surface area contributed by atoms with Crippen LogP contribution < -0.4 is 0 Å². The maximum Gasteiger partial charge on any atom is 0.274 e. The molecule has 2 atom stereocenters. The predicted molar refractivity (Wildman–Crippen MR) is 85.6 cm³/mol. The second kappa shape index (κ2) is 5.67. The number of piperidine rings is 1. The molecule has 0 spiro atoms. The van der Waals surface area contributed by atoms with Gasteiger partial charge >= 0.3 is 0 Å². The van der Waals surface area contributed by atoms with Gasteiger partial charge in [-0.2, -0.15) is 0 Å². The van der Waals surface area contributed by atoms with Crippen molar-refractivity contribution < 1.29 is 4.79 Å². The smallest absolute Gasteiger partial charge is 0.274 e. The highest BCUT2D eigenvalue weighted by Gasteiger charge is 2.36. The number of amides is 1. The number of nitrogens with zero attached hydrogens (tertiary/aromatic N) is 3. The van der Waals surface area contributed by atoms with Gasteiger partial charge in [-0.3, -0.25) is 9.78 Å². The van der Waals surface area contributed by atoms with Crippen LogP contribution in [0.25, 0.3) is 11.0 Å². The molecular formula is C18H21N3O. The molecule has 4 nitrogen and oxygen atoms in total. The van der Waals surface area contributed by atoms with E-state index in [2.05, 4.69) is 14.9 Å². The van der Waals surface area contributed by atoms with Crippen LogP contribution in [0.2, 0.25) is 0 Å². The third-order valence-electron chi connectivity index (χ3n) is 5.17. The normalized spacial score (nSPS) is 25.0. The zero-order valence-corrected chi connectivity index (χ0v) is 12.7. The van der Waals surface area contributed by atoms with Crippen LogP contribution in [0, 0.1) is 5.92 Å². The van der Waals surface area contributed by atoms with E-state index in [1.807, 2.05) is 24.3 Å². The van der Waals surface area contributed by atoms with Crippen molar-refractivity contribution in [1.82, 2.24) is 14.9 Å². The van der Waals surface area contributed by atoms with Gasteiger partial charge in [0.05, 0.1) is 17.2 Å². The van der Waals surface area contributed by atoms with E-state index in [0.29, 0.717) is 17.7 Å². The Kier molecular flexibility index (Phi) is 3.53. The Bertz CT molecular complexity index is 698. The van der Waals surface area contributed by atoms with Gasteiger partial charge in [0, 0.05) is 12.6 Å². The van der Waals surface area contributed by atoms with Crippen LogP contribution >= 0.6 is 0 Å². The lowest BCUT2D eigenvalue weighted by molar-refractivity contribution is 0.0385. The zero-order valence-electron chi connectivity index (χ0n) is 12.7. The molecule has 1 saturated heterocycles. The summed E-state index contributed by atoms with van der Waals surface area (Å²) in [4.78, 5) is 23.9. The number of rotatable bonds is 1. The Morgan fingerprint density at radius 2 is 1.82 bits per heavy atom. The lowest BCUT2D eigenvalue weighted by Gasteiger charge is -2.44. The minimum Gasteiger partial charge on any atom is -0.334 e. The molecule has 0 bridgehead atoms. The van der Waals surface area contributed by atoms with Gasteiger partial charge in [0.1, 0.15) is 5.69 Å². The summed E-state index contributed by atoms with van der Waals surface area (Å²) in [5, 5.41) is 0. The number of carbonyl (C=O) groups excluding carboxylic acids is 1. The summed E-state index contributed by atoms with van der Waals surface area (Å²) in [6, 6.07) is 8.13. The van der Waals surface area contributed by atoms with E-state index in [0.717, 1.165) is 30.4 Å². The number of para-hydroxylation sites is 2. The summed E-state index contributed by atoms with van der Waals surface area (Å²) >= 11 is 0. The standard InChI is InChI=1S/C18H21N3O/c22-18(16-12-19-14-8-2-3-9-15(14)20-16)21-11-5-7-13-6-1-4-10-17(13)21/h2-3,8-9,12-13,17H,1,4-7,10-11H2/t13-,17+/m0/s1. The van der Waals surface area contributed by atoms with Crippen molar-refractivity contribution in [2.45, 2.75) is 44.6 Å². The number of hydrogen-bond donors (Lipinski definition) is 0. The molecule has 2 aromatic rings. The minimum atomic E-state index is 0.0647. The number of fused-ring (bicyclic) bond motifs is 2. The maximum absolute atomic E-state index is 12.9. The van der Waals surface area contributed by atoms with Gasteiger partial charge in [-0.15, -0.1) is 0 Å². The summed E-state index contributed by atoms with van der Waals surface area (Å²) in [5.41, 5.74) is 2.13. The van der Waals surface area contributed by atoms with E-state index < -0.39 is 0 Å². The molecule has 1 aromatic carbocycles. The summed E-state index contributed by atoms with van der Waals surface area (Å²) in [5.74, 6) is 0.759. The van der Waals surface area contributed by atoms with Crippen molar-refractivity contribution in [2.24, 2.45) is 5.92 Å². The Labute approximate surface area is 130 Å². The van der Waals surface area contributed by atoms with Crippen LogP contribution in [0.5, 0.6) is 0 Å². The Morgan fingerprint density at radius 3 is 2.73 bits per heavy atom. The van der Waals surface area contributed by atoms with Crippen molar-refractivity contribution in [3.63, 3.8) is 0 Å². The third-order valence-corrected chi connectivity index (χ3v) is 5.17. The van der Waals surface area contributed by atoms with Gasteiger partial charge in [0.25, 0.3) is 5.91 Å². The zero-order chi connectivity index (χ0) is 14.9. The molecule has 2 heterocycles. The lowest BCUT2D eigenvalue weighted by Crippen LogP contribution is -2.49. The molecule has 1 aromatic heterocycles. The van der Waals surface area contributed by atoms with Crippen molar-refractivity contribution in [1.29, 1.82) is 0 Å². The average molecular weight is 295 g/mol. The molecule has 4 rings (SSSR count). The van der Waals surface area contributed by atoms with Crippen LogP contribution in [0.4, 0.5) is 0 Å². The van der Waals surface area contributed by atoms with Crippen LogP contribution in [-0.4, -0.2) is 33.4 Å². The van der Waals surface area contributed by atoms with Gasteiger partial charge in [-0.05, 0) is 43.7 Å². The van der Waals surface area contributed by atoms with Crippen molar-refractivity contribution in [3.8, 4) is 0 Å². The molecule has 4 heteroatoms. The first kappa shape index (κ1) is 13.7. The fourth-order valence-corrected chi connectivity index (χ4v) is 4.08. The first-order valence-corrected chi connectivity index (χ1v) is 8.36. The van der Waals surface area contributed by atoms with Crippen LogP contribution in [-0.2, 0) is 0 Å². The monoisotopic (exact) mass is 295 g/mol. The summed E-state index contributed by atoms with van der Waals surface area (Å²) in [7, 11) is 0. The summed E-state index contributed by atoms with van der Waals surface area (Å²) in [6.45, 7) is 0.870. The number of likely N-dealkylation sites (tertiary alicyclic amines) is 1. The SMILES string of the molecule is O=C(c1cnc2ccccc2n1)N1CCC[C@@H]2CCCC[C@H]21. The van der Waals surface area contributed by atoms with Crippen molar-refractivity contribution >= 4 is 16.9 Å². The van der Waals surface area contributed by atoms with E-state index >= 15 is 0 Å². The van der Waals surface area contributed by atoms with E-state index in [1.54, 1.807) is 6.20 Å². The molecule has 1 aliphatic carbocycles. The molecule has 2 fully saturated rings. The van der Waals surface area contributed by atoms with Gasteiger partial charge in [-0.25, -0.2) is 4.98 Å². The first-order chi connectivity index (χ1) is 10.8. The third kappa shape index (κ3) is 2.36. The Morgan fingerprint density at radius 1 is 1.05 bits per heavy atom. The number of aromatic nitrogens is 2. The molecule has 0 radical (unpaired) electrons. The number of carbonyl (C=O) groups is 1. The second-order valence-corrected chi connectivity index (χ2v) is 6.50. The molecule has 1 saturated carbocycles. The van der Waals surface area contributed by atoms with Crippen molar-refractivity contribution in [3.05, 3.63) is 36.2 Å². The predicted octanol–water partition coefficient (Wildman–Crippen LogP) is 3.42. The largest absolute Gasteiger partial charge is 0.334 e. The molecule has 22 heavy (non-hydrogen) atoms. The molecular weight excluding hydrogens is 274 g/mol. The summed E-state index contributed by atoms with van der Waals surface area (Å²) < 4.78 is 0. The van der Waals surface area contributed by atoms with Crippen LogP contribution in [0.1, 0.15) is 49.0 Å². The highest BCUT2D eigenvalue weighted by Crippen LogP contribution is 2.35. The van der Waals surface area contributed by atoms with Gasteiger partial charge in [0.15, 0.2) is 0 Å². The Hall–Kier alpha value is -1.97. The van der Waals surface area contributed by atoms with E-state index in [9.17, 15) is 4.79 Å². The lowest BCUT2D eigenvalue weighted by atomic mass is 9.78. The molecule has 2 aliphatic rings. The van der Waals surface area contributed by atoms with Crippen LogP contribution in [0.15, 0.2) is 30.5 Å². The van der Waals surface area contributed by atoms with Gasteiger partial charge in [0.2, 0.25) is 0 Å². The topological polar surface area (TPSA) is 46.1 Å². The molecule has 1 amide bonds. The van der Waals surface area contributed by atoms with Crippen LogP contribution in [0.3, 0.4) is 0 Å². The van der Waals surface area contributed by atoms with E-state index in [1.165, 1.54) is 25.7 Å². The minimum absolute atomic E-state index is 0.0647. The average Bonchev–Trinajstić information content (AvgIpc) is 2.60. The fraction of sp³-hybridized carbons (Fsp3) is 0.500. The second-order valence-electron chi connectivity index (χ2n) is 6.50. The van der Waals surface area contributed by atoms with E-state index in [4.69, 9.17) is 0 Å².